The van der Waals surface area contributed by atoms with E-state index in [2.05, 4.69) is 10.3 Å². The van der Waals surface area contributed by atoms with Crippen molar-refractivity contribution < 1.29 is 9.18 Å². The summed E-state index contributed by atoms with van der Waals surface area (Å²) in [6, 6.07) is 6.98. The molecule has 3 rings (SSSR count). The van der Waals surface area contributed by atoms with E-state index in [4.69, 9.17) is 23.2 Å². The van der Waals surface area contributed by atoms with Gasteiger partial charge in [0, 0.05) is 18.3 Å². The fraction of sp³-hybridized carbons (Fsp3) is 0.368. The largest absolute Gasteiger partial charge is 0.351 e. The van der Waals surface area contributed by atoms with Crippen molar-refractivity contribution in [2.75, 3.05) is 0 Å². The minimum absolute atomic E-state index is 0.121. The van der Waals surface area contributed by atoms with Crippen LogP contribution in [0.1, 0.15) is 54.7 Å². The van der Waals surface area contributed by atoms with Crippen molar-refractivity contribution >= 4 is 29.1 Å². The highest BCUT2D eigenvalue weighted by molar-refractivity contribution is 6.42. The number of hydrogen-bond acceptors (Lipinski definition) is 2. The summed E-state index contributed by atoms with van der Waals surface area (Å²) in [5.41, 5.74) is 2.25. The Morgan fingerprint density at radius 3 is 2.72 bits per heavy atom. The molecule has 2 aromatic rings. The van der Waals surface area contributed by atoms with Crippen LogP contribution in [-0.4, -0.2) is 10.9 Å². The predicted octanol–water partition coefficient (Wildman–Crippen LogP) is 5.21. The van der Waals surface area contributed by atoms with Gasteiger partial charge in [0.15, 0.2) is 0 Å². The zero-order valence-electron chi connectivity index (χ0n) is 13.9. The number of halogens is 3. The fourth-order valence-electron chi connectivity index (χ4n) is 2.88. The molecule has 1 aliphatic rings. The third-order valence-electron chi connectivity index (χ3n) is 4.51. The van der Waals surface area contributed by atoms with Gasteiger partial charge in [-0.15, -0.1) is 0 Å². The SMILES string of the molecule is CC[C@@H](C(=O)NCc1cc(C2CC2)cnc1F)c1ccc(Cl)c(Cl)c1. The number of hydrogen-bond donors (Lipinski definition) is 1. The number of pyridine rings is 1. The van der Waals surface area contributed by atoms with Crippen LogP contribution in [-0.2, 0) is 11.3 Å². The summed E-state index contributed by atoms with van der Waals surface area (Å²) in [7, 11) is 0. The van der Waals surface area contributed by atoms with Crippen LogP contribution in [0.15, 0.2) is 30.5 Å². The molecular formula is C19H19Cl2FN2O. The number of aromatic nitrogens is 1. The van der Waals surface area contributed by atoms with Crippen molar-refractivity contribution in [3.8, 4) is 0 Å². The summed E-state index contributed by atoms with van der Waals surface area (Å²) in [5, 5.41) is 3.68. The fourth-order valence-corrected chi connectivity index (χ4v) is 3.19. The molecule has 25 heavy (non-hydrogen) atoms. The van der Waals surface area contributed by atoms with E-state index in [9.17, 15) is 9.18 Å². The first-order valence-electron chi connectivity index (χ1n) is 8.36. The molecule has 1 saturated carbocycles. The number of nitrogens with zero attached hydrogens (tertiary/aromatic N) is 1. The van der Waals surface area contributed by atoms with Crippen molar-refractivity contribution in [2.45, 2.75) is 44.6 Å². The van der Waals surface area contributed by atoms with Crippen molar-refractivity contribution in [1.29, 1.82) is 0 Å². The van der Waals surface area contributed by atoms with Gasteiger partial charge in [-0.05, 0) is 54.5 Å². The van der Waals surface area contributed by atoms with Gasteiger partial charge in [0.1, 0.15) is 0 Å². The Kier molecular flexibility index (Phi) is 5.60. The molecule has 1 fully saturated rings. The van der Waals surface area contributed by atoms with Crippen LogP contribution in [0.2, 0.25) is 10.0 Å². The van der Waals surface area contributed by atoms with E-state index >= 15 is 0 Å². The van der Waals surface area contributed by atoms with E-state index in [0.717, 1.165) is 24.0 Å². The Morgan fingerprint density at radius 1 is 1.32 bits per heavy atom. The predicted molar refractivity (Wildman–Crippen MR) is 97.5 cm³/mol. The van der Waals surface area contributed by atoms with E-state index in [1.165, 1.54) is 0 Å². The highest BCUT2D eigenvalue weighted by Gasteiger charge is 2.25. The molecule has 1 amide bonds. The average molecular weight is 381 g/mol. The zero-order chi connectivity index (χ0) is 18.0. The summed E-state index contributed by atoms with van der Waals surface area (Å²) in [4.78, 5) is 16.4. The summed E-state index contributed by atoms with van der Waals surface area (Å²) in [6.07, 6.45) is 4.43. The second-order valence-electron chi connectivity index (χ2n) is 6.35. The summed E-state index contributed by atoms with van der Waals surface area (Å²) in [6.45, 7) is 2.04. The maximum atomic E-state index is 13.9. The molecule has 0 radical (unpaired) electrons. The van der Waals surface area contributed by atoms with Gasteiger partial charge in [-0.3, -0.25) is 4.79 Å². The maximum Gasteiger partial charge on any atom is 0.227 e. The van der Waals surface area contributed by atoms with Crippen LogP contribution in [0.25, 0.3) is 0 Å². The molecule has 0 saturated heterocycles. The van der Waals surface area contributed by atoms with Crippen LogP contribution in [0.5, 0.6) is 0 Å². The lowest BCUT2D eigenvalue weighted by Crippen LogP contribution is -2.29. The van der Waals surface area contributed by atoms with Crippen LogP contribution in [0.4, 0.5) is 4.39 Å². The normalized spacial score (nSPS) is 15.0. The van der Waals surface area contributed by atoms with Crippen molar-refractivity contribution in [3.05, 3.63) is 63.1 Å². The van der Waals surface area contributed by atoms with Gasteiger partial charge in [-0.25, -0.2) is 4.98 Å². The van der Waals surface area contributed by atoms with Crippen LogP contribution in [0.3, 0.4) is 0 Å². The van der Waals surface area contributed by atoms with E-state index in [0.29, 0.717) is 27.9 Å². The summed E-state index contributed by atoms with van der Waals surface area (Å²) >= 11 is 12.0. The lowest BCUT2D eigenvalue weighted by atomic mass is 9.95. The number of amides is 1. The number of benzene rings is 1. The molecule has 0 spiro atoms. The summed E-state index contributed by atoms with van der Waals surface area (Å²) in [5.74, 6) is -0.580. The highest BCUT2D eigenvalue weighted by Crippen LogP contribution is 2.40. The Bertz CT molecular complexity index is 793. The minimum Gasteiger partial charge on any atom is -0.351 e. The molecule has 0 unspecified atom stereocenters. The third kappa shape index (κ3) is 4.31. The van der Waals surface area contributed by atoms with Gasteiger partial charge in [-0.2, -0.15) is 4.39 Å². The molecule has 6 heteroatoms. The van der Waals surface area contributed by atoms with Crippen molar-refractivity contribution in [1.82, 2.24) is 10.3 Å². The third-order valence-corrected chi connectivity index (χ3v) is 5.24. The molecule has 1 aliphatic carbocycles. The lowest BCUT2D eigenvalue weighted by Gasteiger charge is -2.16. The van der Waals surface area contributed by atoms with Gasteiger partial charge in [0.2, 0.25) is 11.9 Å². The Morgan fingerprint density at radius 2 is 2.08 bits per heavy atom. The molecule has 1 atom stereocenters. The molecule has 1 aromatic heterocycles. The number of carbonyl (C=O) groups excluding carboxylic acids is 1. The van der Waals surface area contributed by atoms with Gasteiger partial charge in [-0.1, -0.05) is 36.2 Å². The van der Waals surface area contributed by atoms with Gasteiger partial charge in [0.05, 0.1) is 16.0 Å². The smallest absolute Gasteiger partial charge is 0.227 e. The first-order chi connectivity index (χ1) is 12.0. The Balaban J connectivity index is 1.70. The number of nitrogens with one attached hydrogen (secondary N) is 1. The van der Waals surface area contributed by atoms with Crippen LogP contribution in [0, 0.1) is 5.95 Å². The van der Waals surface area contributed by atoms with E-state index in [-0.39, 0.29) is 18.4 Å². The van der Waals surface area contributed by atoms with Gasteiger partial charge in [0.25, 0.3) is 0 Å². The minimum atomic E-state index is -0.535. The van der Waals surface area contributed by atoms with Gasteiger partial charge < -0.3 is 5.32 Å². The van der Waals surface area contributed by atoms with E-state index < -0.39 is 5.95 Å². The zero-order valence-corrected chi connectivity index (χ0v) is 15.4. The van der Waals surface area contributed by atoms with Crippen molar-refractivity contribution in [2.24, 2.45) is 0 Å². The molecule has 1 N–H and O–H groups in total. The quantitative estimate of drug-likeness (QED) is 0.698. The van der Waals surface area contributed by atoms with E-state index in [1.54, 1.807) is 30.5 Å². The van der Waals surface area contributed by atoms with Crippen LogP contribution >= 0.6 is 23.2 Å². The average Bonchev–Trinajstić information content (AvgIpc) is 3.43. The lowest BCUT2D eigenvalue weighted by molar-refractivity contribution is -0.122. The topological polar surface area (TPSA) is 42.0 Å². The first-order valence-corrected chi connectivity index (χ1v) is 9.12. The molecule has 3 nitrogen and oxygen atoms in total. The second kappa shape index (κ2) is 7.71. The van der Waals surface area contributed by atoms with Crippen LogP contribution < -0.4 is 5.32 Å². The Labute approximate surface area is 156 Å². The highest BCUT2D eigenvalue weighted by atomic mass is 35.5. The van der Waals surface area contributed by atoms with Crippen molar-refractivity contribution in [3.63, 3.8) is 0 Å². The molecule has 0 bridgehead atoms. The summed E-state index contributed by atoms with van der Waals surface area (Å²) < 4.78 is 13.9. The standard InChI is InChI=1S/C19H19Cl2FN2O/c1-2-15(12-5-6-16(20)17(21)8-12)19(25)24-10-14-7-13(11-3-4-11)9-23-18(14)22/h5-9,11,15H,2-4,10H2,1H3,(H,24,25)/t15-/m1/s1. The monoisotopic (exact) mass is 380 g/mol. The molecule has 132 valence electrons. The number of rotatable bonds is 6. The second-order valence-corrected chi connectivity index (χ2v) is 7.16. The molecule has 1 heterocycles. The maximum absolute atomic E-state index is 13.9. The first kappa shape index (κ1) is 18.2. The van der Waals surface area contributed by atoms with E-state index in [1.807, 2.05) is 6.92 Å². The molecular weight excluding hydrogens is 362 g/mol. The Hall–Kier alpha value is -1.65. The number of carbonyl (C=O) groups is 1. The molecule has 1 aromatic carbocycles. The molecule has 0 aliphatic heterocycles. The van der Waals surface area contributed by atoms with Gasteiger partial charge >= 0.3 is 0 Å².